The molecule has 0 radical (unpaired) electrons. The van der Waals surface area contributed by atoms with Gasteiger partial charge in [0.15, 0.2) is 0 Å². The molecule has 1 fully saturated rings. The number of amides is 1. The number of fused-ring (bicyclic) bond motifs is 1. The number of rotatable bonds is 3. The Kier molecular flexibility index (Phi) is 4.68. The van der Waals surface area contributed by atoms with Crippen LogP contribution in [-0.2, 0) is 4.79 Å². The van der Waals surface area contributed by atoms with E-state index in [1.807, 2.05) is 0 Å². The van der Waals surface area contributed by atoms with Gasteiger partial charge in [0, 0.05) is 18.1 Å². The van der Waals surface area contributed by atoms with Crippen LogP contribution in [0.1, 0.15) is 23.2 Å². The van der Waals surface area contributed by atoms with Crippen LogP contribution >= 0.6 is 24.0 Å². The number of benzene rings is 1. The maximum Gasteiger partial charge on any atom is 0.299 e. The summed E-state index contributed by atoms with van der Waals surface area (Å²) >= 11 is 5.87. The second-order valence-corrected chi connectivity index (χ2v) is 5.43. The first-order valence-corrected chi connectivity index (χ1v) is 6.93. The minimum atomic E-state index is -0.445. The molecule has 0 N–H and O–H groups in total. The molecule has 6 heteroatoms. The molecule has 1 aromatic rings. The summed E-state index contributed by atoms with van der Waals surface area (Å²) in [7, 11) is 0. The average molecular weight is 315 g/mol. The van der Waals surface area contributed by atoms with Gasteiger partial charge in [-0.2, -0.15) is 0 Å². The van der Waals surface area contributed by atoms with Gasteiger partial charge in [0.1, 0.15) is 0 Å². The second-order valence-electron chi connectivity index (χ2n) is 5.00. The number of Topliss-reactive ketones (excluding diaryl/α,β-unsaturated/α-hetero) is 1. The lowest BCUT2D eigenvalue weighted by molar-refractivity contribution is -0.114. The molecule has 108 valence electrons. The summed E-state index contributed by atoms with van der Waals surface area (Å²) in [5.74, 6) is -0.879. The molecule has 2 aliphatic rings. The topological polar surface area (TPSA) is 40.6 Å². The van der Waals surface area contributed by atoms with E-state index in [2.05, 4.69) is 4.90 Å². The Hall–Kier alpha value is -1.10. The van der Waals surface area contributed by atoms with Gasteiger partial charge in [-0.1, -0.05) is 11.6 Å². The van der Waals surface area contributed by atoms with Crippen LogP contribution in [0.4, 0.5) is 5.69 Å². The molecule has 1 aromatic carbocycles. The van der Waals surface area contributed by atoms with Crippen molar-refractivity contribution in [1.29, 1.82) is 0 Å². The van der Waals surface area contributed by atoms with E-state index in [4.69, 9.17) is 11.6 Å². The van der Waals surface area contributed by atoms with E-state index in [1.165, 1.54) is 12.8 Å². The summed E-state index contributed by atoms with van der Waals surface area (Å²) in [6.45, 7) is 3.56. The van der Waals surface area contributed by atoms with Crippen LogP contribution in [-0.4, -0.2) is 42.8 Å². The van der Waals surface area contributed by atoms with Gasteiger partial charge in [-0.25, -0.2) is 0 Å². The van der Waals surface area contributed by atoms with Gasteiger partial charge in [0.25, 0.3) is 11.7 Å². The third-order valence-corrected chi connectivity index (χ3v) is 4.01. The molecule has 1 saturated heterocycles. The monoisotopic (exact) mass is 314 g/mol. The number of ketones is 1. The number of hydrogen-bond donors (Lipinski definition) is 0. The first-order valence-electron chi connectivity index (χ1n) is 6.55. The maximum atomic E-state index is 12.0. The number of carbonyl (C=O) groups is 2. The summed E-state index contributed by atoms with van der Waals surface area (Å²) in [5, 5.41) is 0.487. The third-order valence-electron chi connectivity index (χ3n) is 3.77. The first-order chi connectivity index (χ1) is 9.16. The molecular formula is C14H16Cl2N2O2. The highest BCUT2D eigenvalue weighted by molar-refractivity contribution is 6.52. The fourth-order valence-corrected chi connectivity index (χ4v) is 2.91. The standard InChI is InChI=1S/C14H15ClN2O2.ClH/c15-10-3-4-12-11(9-10)13(18)14(19)17(12)8-7-16-5-1-2-6-16;/h3-4,9H,1-2,5-8H2;1H. The van der Waals surface area contributed by atoms with Crippen LogP contribution < -0.4 is 4.90 Å². The molecule has 0 bridgehead atoms. The van der Waals surface area contributed by atoms with Crippen LogP contribution in [0.2, 0.25) is 5.02 Å². The van der Waals surface area contributed by atoms with Crippen molar-refractivity contribution in [2.45, 2.75) is 12.8 Å². The summed E-state index contributed by atoms with van der Waals surface area (Å²) in [6.07, 6.45) is 2.44. The Labute approximate surface area is 129 Å². The highest BCUT2D eigenvalue weighted by atomic mass is 35.5. The molecule has 4 nitrogen and oxygen atoms in total. The smallest absolute Gasteiger partial charge is 0.299 e. The molecule has 0 atom stereocenters. The van der Waals surface area contributed by atoms with Gasteiger partial charge >= 0.3 is 0 Å². The van der Waals surface area contributed by atoms with Gasteiger partial charge < -0.3 is 9.80 Å². The number of carbonyl (C=O) groups excluding carboxylic acids is 2. The van der Waals surface area contributed by atoms with Crippen LogP contribution in [0.3, 0.4) is 0 Å². The SMILES string of the molecule is Cl.O=C1C(=O)N(CCN2CCCC2)c2ccc(Cl)cc21. The lowest BCUT2D eigenvalue weighted by Gasteiger charge is -2.21. The minimum absolute atomic E-state index is 0. The Morgan fingerprint density at radius 1 is 1.10 bits per heavy atom. The molecule has 3 rings (SSSR count). The predicted molar refractivity (Wildman–Crippen MR) is 81.1 cm³/mol. The van der Waals surface area contributed by atoms with E-state index < -0.39 is 11.7 Å². The largest absolute Gasteiger partial charge is 0.303 e. The first kappa shape index (κ1) is 15.3. The highest BCUT2D eigenvalue weighted by Gasteiger charge is 2.35. The highest BCUT2D eigenvalue weighted by Crippen LogP contribution is 2.31. The van der Waals surface area contributed by atoms with Gasteiger partial charge in [-0.05, 0) is 44.1 Å². The van der Waals surface area contributed by atoms with E-state index in [0.717, 1.165) is 19.6 Å². The van der Waals surface area contributed by atoms with E-state index >= 15 is 0 Å². The van der Waals surface area contributed by atoms with E-state index in [-0.39, 0.29) is 12.4 Å². The Balaban J connectivity index is 0.00000147. The van der Waals surface area contributed by atoms with Gasteiger partial charge in [0.05, 0.1) is 11.3 Å². The number of halogens is 2. The van der Waals surface area contributed by atoms with Crippen LogP contribution in [0.25, 0.3) is 0 Å². The molecule has 0 spiro atoms. The van der Waals surface area contributed by atoms with Gasteiger partial charge in [-0.15, -0.1) is 12.4 Å². The molecule has 0 aromatic heterocycles. The van der Waals surface area contributed by atoms with Crippen molar-refractivity contribution in [3.63, 3.8) is 0 Å². The zero-order valence-corrected chi connectivity index (χ0v) is 12.5. The maximum absolute atomic E-state index is 12.0. The zero-order valence-electron chi connectivity index (χ0n) is 11.0. The second kappa shape index (κ2) is 6.12. The van der Waals surface area contributed by atoms with Crippen molar-refractivity contribution in [2.75, 3.05) is 31.1 Å². The van der Waals surface area contributed by atoms with Crippen molar-refractivity contribution >= 4 is 41.4 Å². The summed E-state index contributed by atoms with van der Waals surface area (Å²) in [6, 6.07) is 5.05. The van der Waals surface area contributed by atoms with Crippen LogP contribution in [0.15, 0.2) is 18.2 Å². The van der Waals surface area contributed by atoms with Crippen LogP contribution in [0.5, 0.6) is 0 Å². The van der Waals surface area contributed by atoms with Gasteiger partial charge in [0.2, 0.25) is 0 Å². The lowest BCUT2D eigenvalue weighted by Crippen LogP contribution is -2.37. The number of anilines is 1. The molecule has 20 heavy (non-hydrogen) atoms. The Morgan fingerprint density at radius 3 is 2.50 bits per heavy atom. The van der Waals surface area contributed by atoms with E-state index in [1.54, 1.807) is 23.1 Å². The van der Waals surface area contributed by atoms with Gasteiger partial charge in [-0.3, -0.25) is 9.59 Å². The summed E-state index contributed by atoms with van der Waals surface area (Å²) in [4.78, 5) is 27.8. The van der Waals surface area contributed by atoms with Crippen molar-refractivity contribution < 1.29 is 9.59 Å². The quantitative estimate of drug-likeness (QED) is 0.804. The Morgan fingerprint density at radius 2 is 1.80 bits per heavy atom. The average Bonchev–Trinajstić information content (AvgIpc) is 2.98. The molecule has 0 saturated carbocycles. The predicted octanol–water partition coefficient (Wildman–Crippen LogP) is 2.39. The zero-order chi connectivity index (χ0) is 13.4. The van der Waals surface area contributed by atoms with E-state index in [0.29, 0.717) is 22.8 Å². The lowest BCUT2D eigenvalue weighted by atomic mass is 10.1. The fourth-order valence-electron chi connectivity index (χ4n) is 2.74. The van der Waals surface area contributed by atoms with Crippen molar-refractivity contribution in [3.8, 4) is 0 Å². The summed E-state index contributed by atoms with van der Waals surface area (Å²) < 4.78 is 0. The number of hydrogen-bond acceptors (Lipinski definition) is 3. The molecule has 0 aliphatic carbocycles. The summed E-state index contributed by atoms with van der Waals surface area (Å²) in [5.41, 5.74) is 1.12. The normalized spacial score (nSPS) is 18.4. The molecular weight excluding hydrogens is 299 g/mol. The van der Waals surface area contributed by atoms with Crippen molar-refractivity contribution in [3.05, 3.63) is 28.8 Å². The number of likely N-dealkylation sites (tertiary alicyclic amines) is 1. The van der Waals surface area contributed by atoms with Crippen molar-refractivity contribution in [2.24, 2.45) is 0 Å². The van der Waals surface area contributed by atoms with Crippen LogP contribution in [0, 0.1) is 0 Å². The van der Waals surface area contributed by atoms with Crippen molar-refractivity contribution in [1.82, 2.24) is 4.90 Å². The fraction of sp³-hybridized carbons (Fsp3) is 0.429. The molecule has 2 heterocycles. The molecule has 2 aliphatic heterocycles. The molecule has 1 amide bonds. The Bertz CT molecular complexity index is 542. The van der Waals surface area contributed by atoms with E-state index in [9.17, 15) is 9.59 Å². The third kappa shape index (κ3) is 2.68. The molecule has 0 unspecified atom stereocenters. The number of nitrogens with zero attached hydrogens (tertiary/aromatic N) is 2. The minimum Gasteiger partial charge on any atom is -0.303 e.